The summed E-state index contributed by atoms with van der Waals surface area (Å²) in [6, 6.07) is 10.9. The van der Waals surface area contributed by atoms with Gasteiger partial charge in [0.25, 0.3) is 11.8 Å². The quantitative estimate of drug-likeness (QED) is 0.857. The highest BCUT2D eigenvalue weighted by Crippen LogP contribution is 2.58. The summed E-state index contributed by atoms with van der Waals surface area (Å²) in [7, 11) is 1.56. The standard InChI is InChI=1S/C20H19FN2O3S/c1-19(2)11-23(17(24)12-5-4-6-13(21)9-12)20(27-19)15-10-14(26-3)7-8-16(15)22-18(20)25/h4-10H,11H2,1-3H3,(H,22,25)/t20-/m0/s1. The number of hydrogen-bond donors (Lipinski definition) is 1. The fraction of sp³-hybridized carbons (Fsp3) is 0.300. The van der Waals surface area contributed by atoms with Crippen molar-refractivity contribution in [2.45, 2.75) is 23.5 Å². The lowest BCUT2D eigenvalue weighted by Gasteiger charge is -2.32. The van der Waals surface area contributed by atoms with Crippen molar-refractivity contribution >= 4 is 29.3 Å². The van der Waals surface area contributed by atoms with Crippen LogP contribution >= 0.6 is 11.8 Å². The molecule has 1 saturated heterocycles. The Morgan fingerprint density at radius 1 is 1.26 bits per heavy atom. The van der Waals surface area contributed by atoms with Crippen LogP contribution in [0.2, 0.25) is 0 Å². The van der Waals surface area contributed by atoms with Crippen LogP contribution in [-0.2, 0) is 9.67 Å². The Labute approximate surface area is 160 Å². The molecule has 0 bridgehead atoms. The summed E-state index contributed by atoms with van der Waals surface area (Å²) >= 11 is 1.43. The maximum Gasteiger partial charge on any atom is 0.265 e. The number of methoxy groups -OCH3 is 1. The van der Waals surface area contributed by atoms with Crippen LogP contribution in [0.15, 0.2) is 42.5 Å². The van der Waals surface area contributed by atoms with E-state index < -0.39 is 10.7 Å². The fourth-order valence-electron chi connectivity index (χ4n) is 3.71. The van der Waals surface area contributed by atoms with E-state index in [9.17, 15) is 14.0 Å². The van der Waals surface area contributed by atoms with Crippen LogP contribution in [0.1, 0.15) is 29.8 Å². The summed E-state index contributed by atoms with van der Waals surface area (Å²) in [6.07, 6.45) is 0. The molecule has 140 valence electrons. The van der Waals surface area contributed by atoms with Gasteiger partial charge in [-0.25, -0.2) is 4.39 Å². The van der Waals surface area contributed by atoms with Gasteiger partial charge in [-0.05, 0) is 50.2 Å². The number of thioether (sulfide) groups is 1. The van der Waals surface area contributed by atoms with Crippen molar-refractivity contribution in [3.63, 3.8) is 0 Å². The molecule has 1 atom stereocenters. The largest absolute Gasteiger partial charge is 0.497 e. The Morgan fingerprint density at radius 2 is 2.04 bits per heavy atom. The summed E-state index contributed by atoms with van der Waals surface area (Å²) in [4.78, 5) is 26.7. The number of nitrogens with zero attached hydrogens (tertiary/aromatic N) is 1. The van der Waals surface area contributed by atoms with Crippen LogP contribution in [0, 0.1) is 5.82 Å². The van der Waals surface area contributed by atoms with E-state index in [1.165, 1.54) is 30.0 Å². The summed E-state index contributed by atoms with van der Waals surface area (Å²) in [5.74, 6) is -0.531. The number of carbonyl (C=O) groups excluding carboxylic acids is 2. The van der Waals surface area contributed by atoms with Crippen LogP contribution in [0.25, 0.3) is 0 Å². The summed E-state index contributed by atoms with van der Waals surface area (Å²) in [6.45, 7) is 4.34. The monoisotopic (exact) mass is 386 g/mol. The topological polar surface area (TPSA) is 58.6 Å². The Morgan fingerprint density at radius 3 is 2.74 bits per heavy atom. The molecule has 2 aliphatic heterocycles. The second kappa shape index (κ2) is 5.99. The number of rotatable bonds is 2. The number of halogens is 1. The molecule has 2 amide bonds. The molecule has 7 heteroatoms. The van der Waals surface area contributed by atoms with Gasteiger partial charge in [-0.15, -0.1) is 11.8 Å². The zero-order chi connectivity index (χ0) is 19.4. The van der Waals surface area contributed by atoms with Crippen molar-refractivity contribution in [3.8, 4) is 5.75 Å². The number of carbonyl (C=O) groups is 2. The summed E-state index contributed by atoms with van der Waals surface area (Å²) in [5.41, 5.74) is 1.56. The molecule has 2 aromatic carbocycles. The molecule has 0 unspecified atom stereocenters. The van der Waals surface area contributed by atoms with Crippen molar-refractivity contribution < 1.29 is 18.7 Å². The average molecular weight is 386 g/mol. The third kappa shape index (κ3) is 2.68. The van der Waals surface area contributed by atoms with E-state index in [4.69, 9.17) is 4.74 Å². The van der Waals surface area contributed by atoms with Gasteiger partial charge in [-0.3, -0.25) is 9.59 Å². The molecule has 0 radical (unpaired) electrons. The van der Waals surface area contributed by atoms with Gasteiger partial charge < -0.3 is 15.0 Å². The fourth-order valence-corrected chi connectivity index (χ4v) is 5.38. The lowest BCUT2D eigenvalue weighted by atomic mass is 10.0. The van der Waals surface area contributed by atoms with Crippen LogP contribution in [0.5, 0.6) is 5.75 Å². The van der Waals surface area contributed by atoms with Gasteiger partial charge in [-0.1, -0.05) is 6.07 Å². The van der Waals surface area contributed by atoms with Crippen molar-refractivity contribution in [1.82, 2.24) is 4.90 Å². The molecule has 1 spiro atoms. The maximum atomic E-state index is 13.7. The molecule has 1 N–H and O–H groups in total. The molecule has 2 aliphatic rings. The molecule has 0 aromatic heterocycles. The zero-order valence-electron chi connectivity index (χ0n) is 15.2. The van der Waals surface area contributed by atoms with Gasteiger partial charge in [-0.2, -0.15) is 0 Å². The highest BCUT2D eigenvalue weighted by molar-refractivity contribution is 8.02. The molecule has 0 aliphatic carbocycles. The van der Waals surface area contributed by atoms with Crippen LogP contribution in [0.3, 0.4) is 0 Å². The summed E-state index contributed by atoms with van der Waals surface area (Å²) in [5, 5.41) is 2.88. The minimum atomic E-state index is -1.21. The van der Waals surface area contributed by atoms with E-state index in [-0.39, 0.29) is 22.1 Å². The number of anilines is 1. The van der Waals surface area contributed by atoms with Gasteiger partial charge in [0.05, 0.1) is 7.11 Å². The van der Waals surface area contributed by atoms with Crippen molar-refractivity contribution in [2.75, 3.05) is 19.0 Å². The number of amides is 2. The Bertz CT molecular complexity index is 962. The number of ether oxygens (including phenoxy) is 1. The Hall–Kier alpha value is -2.54. The van der Waals surface area contributed by atoms with E-state index in [0.717, 1.165) is 0 Å². The van der Waals surface area contributed by atoms with E-state index in [1.807, 2.05) is 13.8 Å². The van der Waals surface area contributed by atoms with Crippen LogP contribution in [0.4, 0.5) is 10.1 Å². The van der Waals surface area contributed by atoms with Gasteiger partial charge in [0.2, 0.25) is 0 Å². The van der Waals surface area contributed by atoms with Crippen molar-refractivity contribution in [1.29, 1.82) is 0 Å². The molecule has 4 rings (SSSR count). The number of hydrogen-bond acceptors (Lipinski definition) is 4. The van der Waals surface area contributed by atoms with Gasteiger partial charge in [0.15, 0.2) is 4.87 Å². The normalized spacial score (nSPS) is 22.7. The van der Waals surface area contributed by atoms with Gasteiger partial charge >= 0.3 is 0 Å². The lowest BCUT2D eigenvalue weighted by Crippen LogP contribution is -2.48. The molecule has 27 heavy (non-hydrogen) atoms. The first-order valence-corrected chi connectivity index (χ1v) is 9.36. The minimum Gasteiger partial charge on any atom is -0.497 e. The number of benzene rings is 2. The predicted octanol–water partition coefficient (Wildman–Crippen LogP) is 3.61. The van der Waals surface area contributed by atoms with E-state index in [0.29, 0.717) is 23.5 Å². The van der Waals surface area contributed by atoms with E-state index in [2.05, 4.69) is 5.32 Å². The van der Waals surface area contributed by atoms with Crippen LogP contribution < -0.4 is 10.1 Å². The van der Waals surface area contributed by atoms with Crippen LogP contribution in [-0.4, -0.2) is 35.1 Å². The third-order valence-corrected chi connectivity index (χ3v) is 6.41. The smallest absolute Gasteiger partial charge is 0.265 e. The minimum absolute atomic E-state index is 0.219. The highest BCUT2D eigenvalue weighted by Gasteiger charge is 2.61. The molecular weight excluding hydrogens is 367 g/mol. The predicted molar refractivity (Wildman–Crippen MR) is 102 cm³/mol. The molecule has 1 fully saturated rings. The zero-order valence-corrected chi connectivity index (χ0v) is 16.0. The first-order chi connectivity index (χ1) is 12.8. The lowest BCUT2D eigenvalue weighted by molar-refractivity contribution is -0.121. The molecule has 5 nitrogen and oxygen atoms in total. The van der Waals surface area contributed by atoms with Crippen molar-refractivity contribution in [3.05, 3.63) is 59.4 Å². The first-order valence-electron chi connectivity index (χ1n) is 8.54. The molecule has 0 saturated carbocycles. The molecular formula is C20H19FN2O3S. The second-order valence-electron chi connectivity index (χ2n) is 7.27. The first kappa shape index (κ1) is 17.9. The molecule has 2 aromatic rings. The summed E-state index contributed by atoms with van der Waals surface area (Å²) < 4.78 is 18.6. The second-order valence-corrected chi connectivity index (χ2v) is 9.17. The number of nitrogens with one attached hydrogen (secondary N) is 1. The van der Waals surface area contributed by atoms with Gasteiger partial charge in [0.1, 0.15) is 11.6 Å². The third-order valence-electron chi connectivity index (χ3n) is 4.81. The highest BCUT2D eigenvalue weighted by atomic mass is 32.2. The van der Waals surface area contributed by atoms with E-state index >= 15 is 0 Å². The average Bonchev–Trinajstić information content (AvgIpc) is 3.08. The van der Waals surface area contributed by atoms with Gasteiger partial charge in [0, 0.05) is 28.1 Å². The molecule has 2 heterocycles. The number of fused-ring (bicyclic) bond motifs is 2. The van der Waals surface area contributed by atoms with Crippen molar-refractivity contribution in [2.24, 2.45) is 0 Å². The SMILES string of the molecule is COc1ccc2c(c1)[C@]1(SC(C)(C)CN1C(=O)c1cccc(F)c1)C(=O)N2. The van der Waals surface area contributed by atoms with E-state index in [1.54, 1.807) is 36.3 Å². The maximum absolute atomic E-state index is 13.7. The Balaban J connectivity index is 1.88. The Kier molecular flexibility index (Phi) is 3.96.